The number of hydrogen-bond donors (Lipinski definition) is 0. The van der Waals surface area contributed by atoms with Crippen molar-refractivity contribution in [3.8, 4) is 11.5 Å². The van der Waals surface area contributed by atoms with Gasteiger partial charge in [0.2, 0.25) is 0 Å². The minimum atomic E-state index is -0.561. The van der Waals surface area contributed by atoms with E-state index in [1.165, 1.54) is 13.2 Å². The van der Waals surface area contributed by atoms with Crippen LogP contribution < -0.4 is 9.47 Å². The van der Waals surface area contributed by atoms with Crippen LogP contribution in [0.2, 0.25) is 0 Å². The lowest BCUT2D eigenvalue weighted by molar-refractivity contribution is -0.136. The maximum atomic E-state index is 11.8. The van der Waals surface area contributed by atoms with Crippen molar-refractivity contribution in [2.24, 2.45) is 0 Å². The van der Waals surface area contributed by atoms with E-state index in [-0.39, 0.29) is 12.4 Å². The molecule has 0 aliphatic rings. The van der Waals surface area contributed by atoms with Gasteiger partial charge in [-0.1, -0.05) is 22.0 Å². The van der Waals surface area contributed by atoms with E-state index >= 15 is 0 Å². The third-order valence-electron chi connectivity index (χ3n) is 2.97. The second kappa shape index (κ2) is 7.78. The number of ether oxygens (including phenoxy) is 3. The summed E-state index contributed by atoms with van der Waals surface area (Å²) in [5, 5.41) is 0. The number of aryl methyl sites for hydroxylation is 1. The lowest BCUT2D eigenvalue weighted by atomic mass is 10.2. The standard InChI is InChI=1S/C17H15BrO5/c1-11-8-13(18)6-7-15(11)22-10-16(19)23-14-5-3-4-12(9-14)17(20)21-2/h3-9H,10H2,1-2H3. The van der Waals surface area contributed by atoms with E-state index in [9.17, 15) is 9.59 Å². The van der Waals surface area contributed by atoms with E-state index in [1.54, 1.807) is 24.3 Å². The molecule has 0 aliphatic heterocycles. The maximum absolute atomic E-state index is 11.8. The number of carbonyl (C=O) groups excluding carboxylic acids is 2. The Labute approximate surface area is 142 Å². The number of carbonyl (C=O) groups is 2. The molecule has 0 saturated heterocycles. The van der Waals surface area contributed by atoms with Crippen LogP contribution in [0.15, 0.2) is 46.9 Å². The molecule has 2 rings (SSSR count). The van der Waals surface area contributed by atoms with Crippen LogP contribution in [0.25, 0.3) is 0 Å². The minimum Gasteiger partial charge on any atom is -0.482 e. The van der Waals surface area contributed by atoms with Gasteiger partial charge < -0.3 is 14.2 Å². The summed E-state index contributed by atoms with van der Waals surface area (Å²) in [4.78, 5) is 23.3. The first-order chi connectivity index (χ1) is 11.0. The van der Waals surface area contributed by atoms with Gasteiger partial charge in [0.1, 0.15) is 11.5 Å². The Morgan fingerprint density at radius 1 is 1.13 bits per heavy atom. The molecule has 2 aromatic rings. The zero-order valence-corrected chi connectivity index (χ0v) is 14.3. The Morgan fingerprint density at radius 2 is 1.91 bits per heavy atom. The average Bonchev–Trinajstić information content (AvgIpc) is 2.53. The quantitative estimate of drug-likeness (QED) is 0.588. The highest BCUT2D eigenvalue weighted by Crippen LogP contribution is 2.22. The summed E-state index contributed by atoms with van der Waals surface area (Å²) in [6.07, 6.45) is 0. The molecule has 0 heterocycles. The molecule has 2 aromatic carbocycles. The van der Waals surface area contributed by atoms with Crippen LogP contribution in [0.1, 0.15) is 15.9 Å². The third kappa shape index (κ3) is 4.82. The molecular weight excluding hydrogens is 364 g/mol. The molecule has 0 spiro atoms. The summed E-state index contributed by atoms with van der Waals surface area (Å²) in [6, 6.07) is 11.7. The number of methoxy groups -OCH3 is 1. The summed E-state index contributed by atoms with van der Waals surface area (Å²) in [6.45, 7) is 1.65. The smallest absolute Gasteiger partial charge is 0.349 e. The Kier molecular flexibility index (Phi) is 5.76. The summed E-state index contributed by atoms with van der Waals surface area (Å²) >= 11 is 3.36. The molecule has 0 aromatic heterocycles. The van der Waals surface area contributed by atoms with Crippen molar-refractivity contribution < 1.29 is 23.8 Å². The fourth-order valence-corrected chi connectivity index (χ4v) is 2.35. The zero-order valence-electron chi connectivity index (χ0n) is 12.7. The second-order valence-electron chi connectivity index (χ2n) is 4.69. The molecule has 0 aliphatic carbocycles. The summed E-state index contributed by atoms with van der Waals surface area (Å²) < 4.78 is 16.1. The van der Waals surface area contributed by atoms with E-state index in [2.05, 4.69) is 20.7 Å². The first kappa shape index (κ1) is 17.0. The molecule has 0 fully saturated rings. The predicted molar refractivity (Wildman–Crippen MR) is 87.8 cm³/mol. The number of esters is 2. The van der Waals surface area contributed by atoms with E-state index in [1.807, 2.05) is 19.1 Å². The van der Waals surface area contributed by atoms with Crippen molar-refractivity contribution in [3.05, 3.63) is 58.1 Å². The minimum absolute atomic E-state index is 0.231. The molecule has 0 amide bonds. The van der Waals surface area contributed by atoms with E-state index in [4.69, 9.17) is 9.47 Å². The fraction of sp³-hybridized carbons (Fsp3) is 0.176. The molecule has 0 radical (unpaired) electrons. The van der Waals surface area contributed by atoms with Gasteiger partial charge in [0, 0.05) is 4.47 Å². The molecule has 5 nitrogen and oxygen atoms in total. The molecule has 0 unspecified atom stereocenters. The summed E-state index contributed by atoms with van der Waals surface area (Å²) in [7, 11) is 1.29. The van der Waals surface area contributed by atoms with Crippen LogP contribution >= 0.6 is 15.9 Å². The molecule has 0 N–H and O–H groups in total. The highest BCUT2D eigenvalue weighted by molar-refractivity contribution is 9.10. The Hall–Kier alpha value is -2.34. The van der Waals surface area contributed by atoms with Gasteiger partial charge in [-0.2, -0.15) is 0 Å². The number of rotatable bonds is 5. The van der Waals surface area contributed by atoms with Gasteiger partial charge in [0.25, 0.3) is 0 Å². The monoisotopic (exact) mass is 378 g/mol. The zero-order chi connectivity index (χ0) is 16.8. The van der Waals surface area contributed by atoms with Crippen molar-refractivity contribution >= 4 is 27.9 Å². The Morgan fingerprint density at radius 3 is 2.61 bits per heavy atom. The lowest BCUT2D eigenvalue weighted by Crippen LogP contribution is -2.18. The van der Waals surface area contributed by atoms with Crippen LogP contribution in [-0.4, -0.2) is 25.7 Å². The Bertz CT molecular complexity index is 727. The highest BCUT2D eigenvalue weighted by atomic mass is 79.9. The van der Waals surface area contributed by atoms with Crippen molar-refractivity contribution in [2.75, 3.05) is 13.7 Å². The molecular formula is C17H15BrO5. The molecule has 0 atom stereocenters. The van der Waals surface area contributed by atoms with E-state index in [0.717, 1.165) is 10.0 Å². The van der Waals surface area contributed by atoms with Crippen LogP contribution in [0.4, 0.5) is 0 Å². The van der Waals surface area contributed by atoms with Crippen LogP contribution in [0.5, 0.6) is 11.5 Å². The molecule has 120 valence electrons. The SMILES string of the molecule is COC(=O)c1cccc(OC(=O)COc2ccc(Br)cc2C)c1. The highest BCUT2D eigenvalue weighted by Gasteiger charge is 2.11. The Balaban J connectivity index is 1.96. The van der Waals surface area contributed by atoms with Crippen molar-refractivity contribution in [1.29, 1.82) is 0 Å². The van der Waals surface area contributed by atoms with Crippen LogP contribution in [0, 0.1) is 6.92 Å². The van der Waals surface area contributed by atoms with Gasteiger partial charge in [-0.15, -0.1) is 0 Å². The van der Waals surface area contributed by atoms with E-state index in [0.29, 0.717) is 11.3 Å². The van der Waals surface area contributed by atoms with Crippen molar-refractivity contribution in [3.63, 3.8) is 0 Å². The van der Waals surface area contributed by atoms with Gasteiger partial charge >= 0.3 is 11.9 Å². The normalized spacial score (nSPS) is 10.0. The van der Waals surface area contributed by atoms with Gasteiger partial charge in [-0.3, -0.25) is 0 Å². The lowest BCUT2D eigenvalue weighted by Gasteiger charge is -2.09. The summed E-state index contributed by atoms with van der Waals surface area (Å²) in [5.74, 6) is -0.193. The van der Waals surface area contributed by atoms with Crippen LogP contribution in [0.3, 0.4) is 0 Å². The number of benzene rings is 2. The van der Waals surface area contributed by atoms with Crippen molar-refractivity contribution in [1.82, 2.24) is 0 Å². The van der Waals surface area contributed by atoms with Gasteiger partial charge in [0.15, 0.2) is 6.61 Å². The summed E-state index contributed by atoms with van der Waals surface area (Å²) in [5.41, 5.74) is 1.21. The topological polar surface area (TPSA) is 61.8 Å². The molecule has 0 bridgehead atoms. The average molecular weight is 379 g/mol. The van der Waals surface area contributed by atoms with Gasteiger partial charge in [0.05, 0.1) is 12.7 Å². The second-order valence-corrected chi connectivity index (χ2v) is 5.61. The van der Waals surface area contributed by atoms with Gasteiger partial charge in [-0.05, 0) is 48.9 Å². The largest absolute Gasteiger partial charge is 0.482 e. The first-order valence-corrected chi connectivity index (χ1v) is 7.57. The number of halogens is 1. The molecule has 6 heteroatoms. The van der Waals surface area contributed by atoms with Crippen molar-refractivity contribution in [2.45, 2.75) is 6.92 Å². The van der Waals surface area contributed by atoms with E-state index < -0.39 is 11.9 Å². The first-order valence-electron chi connectivity index (χ1n) is 6.77. The predicted octanol–water partition coefficient (Wildman–Crippen LogP) is 3.53. The maximum Gasteiger partial charge on any atom is 0.349 e. The fourth-order valence-electron chi connectivity index (χ4n) is 1.88. The number of hydrogen-bond acceptors (Lipinski definition) is 5. The van der Waals surface area contributed by atoms with Crippen LogP contribution in [-0.2, 0) is 9.53 Å². The third-order valence-corrected chi connectivity index (χ3v) is 3.46. The molecule has 23 heavy (non-hydrogen) atoms. The van der Waals surface area contributed by atoms with Gasteiger partial charge in [-0.25, -0.2) is 9.59 Å². The molecule has 0 saturated carbocycles.